The van der Waals surface area contributed by atoms with Crippen LogP contribution in [-0.2, 0) is 6.42 Å². The lowest BCUT2D eigenvalue weighted by molar-refractivity contribution is 0.583. The average molecular weight is 381 g/mol. The molecule has 3 nitrogen and oxygen atoms in total. The third-order valence-corrected chi connectivity index (χ3v) is 2.23. The fourth-order valence-electron chi connectivity index (χ4n) is 1.34. The van der Waals surface area contributed by atoms with Gasteiger partial charge in [0, 0.05) is 6.54 Å². The molecular weight excluding hydrogens is 363 g/mol. The van der Waals surface area contributed by atoms with Gasteiger partial charge in [0.05, 0.1) is 6.54 Å². The van der Waals surface area contributed by atoms with Crippen LogP contribution in [0.25, 0.3) is 0 Å². The maximum atomic E-state index is 13.3. The Labute approximate surface area is 129 Å². The predicted molar refractivity (Wildman–Crippen MR) is 84.8 cm³/mol. The van der Waals surface area contributed by atoms with Gasteiger partial charge in [-0.15, -0.1) is 24.0 Å². The summed E-state index contributed by atoms with van der Waals surface area (Å²) >= 11 is 0. The minimum Gasteiger partial charge on any atom is -0.370 e. The molecule has 19 heavy (non-hydrogen) atoms. The van der Waals surface area contributed by atoms with Gasteiger partial charge < -0.3 is 11.1 Å². The highest BCUT2D eigenvalue weighted by molar-refractivity contribution is 14.0. The summed E-state index contributed by atoms with van der Waals surface area (Å²) < 4.78 is 26.2. The number of halogens is 3. The molecule has 3 N–H and O–H groups in total. The molecule has 106 valence electrons. The van der Waals surface area contributed by atoms with E-state index in [0.717, 1.165) is 17.7 Å². The van der Waals surface area contributed by atoms with Gasteiger partial charge in [-0.05, 0) is 37.1 Å². The highest BCUT2D eigenvalue weighted by atomic mass is 127. The van der Waals surface area contributed by atoms with Gasteiger partial charge in [0.1, 0.15) is 11.6 Å². The van der Waals surface area contributed by atoms with Gasteiger partial charge in [-0.3, -0.25) is 0 Å². The standard InChI is InChI=1S/C13H17F2N3.HI/c1-9(2)8-18-13(16)17-6-5-10-7-11(14)3-4-12(10)15;/h3-4,7H,1,5-6,8H2,2H3,(H3,16,17,18);1H. The van der Waals surface area contributed by atoms with Crippen LogP contribution in [0.4, 0.5) is 8.78 Å². The molecule has 0 bridgehead atoms. The highest BCUT2D eigenvalue weighted by Crippen LogP contribution is 2.09. The summed E-state index contributed by atoms with van der Waals surface area (Å²) in [6.45, 7) is 6.39. The summed E-state index contributed by atoms with van der Waals surface area (Å²) in [5.74, 6) is -0.597. The largest absolute Gasteiger partial charge is 0.370 e. The highest BCUT2D eigenvalue weighted by Gasteiger charge is 2.03. The Morgan fingerprint density at radius 2 is 2.11 bits per heavy atom. The van der Waals surface area contributed by atoms with Gasteiger partial charge in [0.25, 0.3) is 0 Å². The first-order valence-corrected chi connectivity index (χ1v) is 5.61. The van der Waals surface area contributed by atoms with Gasteiger partial charge in [-0.25, -0.2) is 13.8 Å². The third kappa shape index (κ3) is 7.09. The van der Waals surface area contributed by atoms with Crippen LogP contribution < -0.4 is 11.1 Å². The van der Waals surface area contributed by atoms with E-state index >= 15 is 0 Å². The fraction of sp³-hybridized carbons (Fsp3) is 0.308. The maximum absolute atomic E-state index is 13.3. The number of aliphatic imine (C=N–C) groups is 1. The zero-order valence-corrected chi connectivity index (χ0v) is 13.1. The zero-order chi connectivity index (χ0) is 13.5. The topological polar surface area (TPSA) is 50.4 Å². The van der Waals surface area contributed by atoms with Crippen molar-refractivity contribution in [3.05, 3.63) is 47.5 Å². The van der Waals surface area contributed by atoms with Crippen LogP contribution in [0.1, 0.15) is 12.5 Å². The van der Waals surface area contributed by atoms with Crippen molar-refractivity contribution < 1.29 is 8.78 Å². The van der Waals surface area contributed by atoms with Crippen LogP contribution in [-0.4, -0.2) is 19.0 Å². The quantitative estimate of drug-likeness (QED) is 0.357. The van der Waals surface area contributed by atoms with Crippen LogP contribution in [0.2, 0.25) is 0 Å². The fourth-order valence-corrected chi connectivity index (χ4v) is 1.34. The number of hydrogen-bond acceptors (Lipinski definition) is 1. The van der Waals surface area contributed by atoms with Crippen molar-refractivity contribution in [2.75, 3.05) is 13.1 Å². The lowest BCUT2D eigenvalue weighted by Gasteiger charge is -2.06. The van der Waals surface area contributed by atoms with Crippen LogP contribution >= 0.6 is 24.0 Å². The predicted octanol–water partition coefficient (Wildman–Crippen LogP) is 2.61. The molecule has 0 unspecified atom stereocenters. The first kappa shape index (κ1) is 17.8. The van der Waals surface area contributed by atoms with Gasteiger partial charge in [-0.1, -0.05) is 12.2 Å². The second-order valence-electron chi connectivity index (χ2n) is 4.07. The van der Waals surface area contributed by atoms with E-state index in [9.17, 15) is 8.78 Å². The summed E-state index contributed by atoms with van der Waals surface area (Å²) in [4.78, 5) is 4.01. The Kier molecular flexibility index (Phi) is 8.29. The third-order valence-electron chi connectivity index (χ3n) is 2.23. The smallest absolute Gasteiger partial charge is 0.188 e. The number of nitrogens with zero attached hydrogens (tertiary/aromatic N) is 1. The monoisotopic (exact) mass is 381 g/mol. The molecule has 0 saturated heterocycles. The van der Waals surface area contributed by atoms with Crippen molar-refractivity contribution >= 4 is 29.9 Å². The Hall–Kier alpha value is -1.18. The lowest BCUT2D eigenvalue weighted by Crippen LogP contribution is -2.33. The molecule has 0 aliphatic rings. The van der Waals surface area contributed by atoms with Crippen molar-refractivity contribution in [3.63, 3.8) is 0 Å². The summed E-state index contributed by atoms with van der Waals surface area (Å²) in [7, 11) is 0. The Morgan fingerprint density at radius 3 is 2.74 bits per heavy atom. The number of rotatable bonds is 5. The summed E-state index contributed by atoms with van der Waals surface area (Å²) in [5.41, 5.74) is 6.80. The summed E-state index contributed by atoms with van der Waals surface area (Å²) in [6.07, 6.45) is 0.340. The van der Waals surface area contributed by atoms with E-state index in [-0.39, 0.29) is 29.9 Å². The van der Waals surface area contributed by atoms with Crippen LogP contribution in [0.15, 0.2) is 35.3 Å². The van der Waals surface area contributed by atoms with Gasteiger partial charge in [0.2, 0.25) is 0 Å². The molecule has 1 rings (SSSR count). The average Bonchev–Trinajstić information content (AvgIpc) is 2.31. The molecular formula is C13H18F2IN3. The maximum Gasteiger partial charge on any atom is 0.188 e. The summed E-state index contributed by atoms with van der Waals surface area (Å²) in [6, 6.07) is 3.39. The Balaban J connectivity index is 0.00000324. The van der Waals surface area contributed by atoms with E-state index in [2.05, 4.69) is 16.9 Å². The van der Waals surface area contributed by atoms with Crippen LogP contribution in [0.5, 0.6) is 0 Å². The van der Waals surface area contributed by atoms with Crippen LogP contribution in [0, 0.1) is 11.6 Å². The Morgan fingerprint density at radius 1 is 1.42 bits per heavy atom. The van der Waals surface area contributed by atoms with E-state index < -0.39 is 11.6 Å². The minimum absolute atomic E-state index is 0. The molecule has 0 radical (unpaired) electrons. The van der Waals surface area contributed by atoms with E-state index in [1.807, 2.05) is 6.92 Å². The number of hydrogen-bond donors (Lipinski definition) is 2. The molecule has 0 aromatic heterocycles. The second-order valence-corrected chi connectivity index (χ2v) is 4.07. The number of nitrogens with two attached hydrogens (primary N) is 1. The molecule has 0 amide bonds. The molecule has 0 heterocycles. The van der Waals surface area contributed by atoms with Crippen molar-refractivity contribution in [3.8, 4) is 0 Å². The second kappa shape index (κ2) is 8.84. The molecule has 0 aliphatic carbocycles. The van der Waals surface area contributed by atoms with Crippen molar-refractivity contribution in [1.82, 2.24) is 5.32 Å². The normalized spacial score (nSPS) is 10.8. The van der Waals surface area contributed by atoms with E-state index in [1.165, 1.54) is 6.07 Å². The zero-order valence-electron chi connectivity index (χ0n) is 10.7. The van der Waals surface area contributed by atoms with Gasteiger partial charge in [-0.2, -0.15) is 0 Å². The molecule has 0 spiro atoms. The number of nitrogens with one attached hydrogen (secondary N) is 1. The minimum atomic E-state index is -0.449. The van der Waals surface area contributed by atoms with Gasteiger partial charge in [0.15, 0.2) is 5.96 Å². The van der Waals surface area contributed by atoms with Crippen molar-refractivity contribution in [1.29, 1.82) is 0 Å². The van der Waals surface area contributed by atoms with Crippen LogP contribution in [0.3, 0.4) is 0 Å². The molecule has 0 atom stereocenters. The molecule has 0 aliphatic heterocycles. The lowest BCUT2D eigenvalue weighted by atomic mass is 10.1. The molecule has 6 heteroatoms. The SMILES string of the molecule is C=C(C)CN=C(N)NCCc1cc(F)ccc1F.I. The van der Waals surface area contributed by atoms with Crippen molar-refractivity contribution in [2.45, 2.75) is 13.3 Å². The van der Waals surface area contributed by atoms with Gasteiger partial charge >= 0.3 is 0 Å². The molecule has 1 aromatic carbocycles. The first-order chi connectivity index (χ1) is 8.49. The van der Waals surface area contributed by atoms with Crippen molar-refractivity contribution in [2.24, 2.45) is 10.7 Å². The first-order valence-electron chi connectivity index (χ1n) is 5.61. The van der Waals surface area contributed by atoms with E-state index in [1.54, 1.807) is 0 Å². The van der Waals surface area contributed by atoms with E-state index in [4.69, 9.17) is 5.73 Å². The molecule has 1 aromatic rings. The molecule has 0 saturated carbocycles. The Bertz CT molecular complexity index is 461. The number of benzene rings is 1. The van der Waals surface area contributed by atoms with E-state index in [0.29, 0.717) is 25.1 Å². The summed E-state index contributed by atoms with van der Waals surface area (Å²) in [5, 5.41) is 2.83. The number of guanidine groups is 1. The molecule has 0 fully saturated rings.